The fourth-order valence-electron chi connectivity index (χ4n) is 7.61. The zero-order valence-corrected chi connectivity index (χ0v) is 26.1. The van der Waals surface area contributed by atoms with E-state index in [4.69, 9.17) is 20.2 Å². The van der Waals surface area contributed by atoms with Crippen LogP contribution in [-0.4, -0.2) is 63.7 Å². The molecule has 2 bridgehead atoms. The number of aromatic nitrogens is 3. The van der Waals surface area contributed by atoms with Crippen molar-refractivity contribution >= 4 is 33.8 Å². The van der Waals surface area contributed by atoms with Crippen molar-refractivity contribution < 1.29 is 23.5 Å². The van der Waals surface area contributed by atoms with Crippen LogP contribution in [-0.2, 0) is 18.3 Å². The number of methoxy groups -OCH3 is 2. The number of benzene rings is 3. The van der Waals surface area contributed by atoms with Gasteiger partial charge in [-0.3, -0.25) is 4.79 Å². The number of fused-ring (bicyclic) bond motifs is 4. The molecule has 8 rings (SSSR count). The molecule has 3 heterocycles. The number of halogens is 1. The Balaban J connectivity index is 1.22. The topological polar surface area (TPSA) is 105 Å². The number of carbonyl (C=O) groups is 2. The molecule has 1 aliphatic heterocycles. The molecule has 2 aliphatic carbocycles. The average Bonchev–Trinajstić information content (AvgIpc) is 3.47. The van der Waals surface area contributed by atoms with Gasteiger partial charge in [0.05, 0.1) is 31.0 Å². The number of amides is 1. The van der Waals surface area contributed by atoms with Gasteiger partial charge < -0.3 is 29.2 Å². The van der Waals surface area contributed by atoms with Crippen LogP contribution in [0.3, 0.4) is 0 Å². The van der Waals surface area contributed by atoms with Gasteiger partial charge in [-0.1, -0.05) is 18.2 Å². The molecule has 3 atom stereocenters. The van der Waals surface area contributed by atoms with E-state index < -0.39 is 11.8 Å². The normalized spacial score (nSPS) is 20.6. The number of hydrogen-bond acceptors (Lipinski definition) is 6. The van der Waals surface area contributed by atoms with Crippen LogP contribution in [0.5, 0.6) is 5.75 Å². The molecule has 3 unspecified atom stereocenters. The molecule has 236 valence electrons. The van der Waals surface area contributed by atoms with Gasteiger partial charge in [-0.2, -0.15) is 0 Å². The van der Waals surface area contributed by atoms with Gasteiger partial charge in [0.2, 0.25) is 0 Å². The smallest absolute Gasteiger partial charge is 0.340 e. The van der Waals surface area contributed by atoms with Gasteiger partial charge in [-0.25, -0.2) is 14.2 Å². The minimum atomic E-state index is -0.703. The van der Waals surface area contributed by atoms with E-state index in [0.717, 1.165) is 52.9 Å². The monoisotopic (exact) mass is 621 g/mol. The van der Waals surface area contributed by atoms with Crippen LogP contribution in [0.2, 0.25) is 0 Å². The number of aryl methyl sites for hydroxylation is 1. The lowest BCUT2D eigenvalue weighted by atomic mass is 10.0. The number of likely N-dealkylation sites (tertiary alicyclic amines) is 1. The number of ether oxygens (including phenoxy) is 2. The van der Waals surface area contributed by atoms with Crippen LogP contribution in [0.15, 0.2) is 54.6 Å². The van der Waals surface area contributed by atoms with Gasteiger partial charge in [-0.05, 0) is 85.0 Å². The number of nitrogens with zero attached hydrogens (tertiary/aromatic N) is 4. The molecule has 2 N–H and O–H groups in total. The Morgan fingerprint density at radius 3 is 2.46 bits per heavy atom. The summed E-state index contributed by atoms with van der Waals surface area (Å²) < 4.78 is 29.7. The van der Waals surface area contributed by atoms with Crippen molar-refractivity contribution in [1.82, 2.24) is 19.0 Å². The largest absolute Gasteiger partial charge is 0.494 e. The molecule has 0 radical (unpaired) electrons. The summed E-state index contributed by atoms with van der Waals surface area (Å²) >= 11 is 0. The van der Waals surface area contributed by atoms with Crippen LogP contribution in [0, 0.1) is 17.7 Å². The van der Waals surface area contributed by atoms with E-state index >= 15 is 0 Å². The molecule has 2 saturated carbocycles. The quantitative estimate of drug-likeness (QED) is 0.232. The van der Waals surface area contributed by atoms with Gasteiger partial charge in [0.15, 0.2) is 5.82 Å². The van der Waals surface area contributed by atoms with E-state index in [0.29, 0.717) is 40.8 Å². The van der Waals surface area contributed by atoms with E-state index in [-0.39, 0.29) is 23.6 Å². The third-order valence-electron chi connectivity index (χ3n) is 10.3. The summed E-state index contributed by atoms with van der Waals surface area (Å²) in [6, 6.07) is 16.6. The second-order valence-electron chi connectivity index (χ2n) is 13.0. The molecular weight excluding hydrogens is 585 g/mol. The molecule has 3 aromatic carbocycles. The first-order valence-corrected chi connectivity index (χ1v) is 15.9. The molecule has 1 amide bonds. The lowest BCUT2D eigenvalue weighted by Crippen LogP contribution is -2.41. The predicted octanol–water partition coefficient (Wildman–Crippen LogP) is 5.77. The van der Waals surface area contributed by atoms with E-state index in [1.807, 2.05) is 40.8 Å². The molecule has 1 saturated heterocycles. The standard InChI is InChI=1S/C36H36FN5O4/c1-40-33-27(13-24(16-31(33)45-2)35(43)42-18-23-9-11-28(42)32(23)38)39-34(40)30-15-22-7-6-21(14-29(22)41(30)17-19-4-5-19)20-8-10-25(26(37)12-20)36(44)46-3/h6-8,10,12-16,19,23,28,32H,4-5,9,11,17-18,38H2,1-3H3. The summed E-state index contributed by atoms with van der Waals surface area (Å²) in [5.74, 6) is 0.961. The Labute approximate surface area is 265 Å². The van der Waals surface area contributed by atoms with E-state index in [1.54, 1.807) is 13.2 Å². The summed E-state index contributed by atoms with van der Waals surface area (Å²) in [6.07, 6.45) is 4.37. The molecule has 9 nitrogen and oxygen atoms in total. The van der Waals surface area contributed by atoms with Gasteiger partial charge in [0.25, 0.3) is 5.91 Å². The first kappa shape index (κ1) is 28.8. The molecule has 46 heavy (non-hydrogen) atoms. The number of hydrogen-bond donors (Lipinski definition) is 1. The lowest BCUT2D eigenvalue weighted by molar-refractivity contribution is 0.0595. The number of nitrogens with two attached hydrogens (primary N) is 1. The van der Waals surface area contributed by atoms with E-state index in [9.17, 15) is 14.0 Å². The van der Waals surface area contributed by atoms with Crippen molar-refractivity contribution in [2.45, 2.75) is 44.3 Å². The van der Waals surface area contributed by atoms with Crippen LogP contribution in [0.1, 0.15) is 46.4 Å². The Bertz CT molecular complexity index is 2060. The van der Waals surface area contributed by atoms with E-state index in [1.165, 1.54) is 32.1 Å². The Morgan fingerprint density at radius 2 is 1.78 bits per heavy atom. The lowest BCUT2D eigenvalue weighted by Gasteiger charge is -2.27. The van der Waals surface area contributed by atoms with Crippen molar-refractivity contribution in [2.75, 3.05) is 20.8 Å². The van der Waals surface area contributed by atoms with E-state index in [2.05, 4.69) is 16.7 Å². The molecule has 5 aromatic rings. The number of rotatable bonds is 7. The zero-order valence-electron chi connectivity index (χ0n) is 26.1. The maximum Gasteiger partial charge on any atom is 0.340 e. The average molecular weight is 622 g/mol. The fourth-order valence-corrected chi connectivity index (χ4v) is 7.61. The minimum Gasteiger partial charge on any atom is -0.494 e. The van der Waals surface area contributed by atoms with Crippen LogP contribution < -0.4 is 10.5 Å². The summed E-state index contributed by atoms with van der Waals surface area (Å²) in [5, 5.41) is 1.04. The van der Waals surface area contributed by atoms with Gasteiger partial charge in [0.1, 0.15) is 17.1 Å². The number of esters is 1. The molecule has 3 fully saturated rings. The first-order chi connectivity index (χ1) is 22.2. The minimum absolute atomic E-state index is 0.0264. The van der Waals surface area contributed by atoms with Crippen molar-refractivity contribution in [2.24, 2.45) is 24.6 Å². The Hall–Kier alpha value is -4.70. The highest BCUT2D eigenvalue weighted by Gasteiger charge is 2.47. The summed E-state index contributed by atoms with van der Waals surface area (Å²) in [7, 11) is 4.83. The SMILES string of the molecule is COC(=O)c1ccc(-c2ccc3cc(-c4nc5cc(C(=O)N6CC7CCC6C7N)cc(OC)c5n4C)n(CC4CC4)c3c2)cc1F. The number of imidazole rings is 1. The highest BCUT2D eigenvalue weighted by molar-refractivity contribution is 6.01. The first-order valence-electron chi connectivity index (χ1n) is 15.9. The summed E-state index contributed by atoms with van der Waals surface area (Å²) in [6.45, 7) is 1.53. The molecule has 0 spiro atoms. The van der Waals surface area contributed by atoms with Crippen molar-refractivity contribution in [3.8, 4) is 28.4 Å². The molecule has 2 aromatic heterocycles. The highest BCUT2D eigenvalue weighted by Crippen LogP contribution is 2.41. The Kier molecular flexibility index (Phi) is 6.68. The zero-order chi connectivity index (χ0) is 31.9. The summed E-state index contributed by atoms with van der Waals surface area (Å²) in [4.78, 5) is 32.7. The molecule has 10 heteroatoms. The highest BCUT2D eigenvalue weighted by atomic mass is 19.1. The van der Waals surface area contributed by atoms with Crippen molar-refractivity contribution in [3.63, 3.8) is 0 Å². The van der Waals surface area contributed by atoms with Gasteiger partial charge in [-0.15, -0.1) is 0 Å². The second-order valence-corrected chi connectivity index (χ2v) is 13.0. The number of carbonyl (C=O) groups excluding carboxylic acids is 2. The fraction of sp³-hybridized carbons (Fsp3) is 0.361. The maximum atomic E-state index is 14.8. The maximum absolute atomic E-state index is 14.8. The van der Waals surface area contributed by atoms with Crippen LogP contribution in [0.4, 0.5) is 4.39 Å². The third kappa shape index (κ3) is 4.49. The van der Waals surface area contributed by atoms with Gasteiger partial charge in [0, 0.05) is 48.7 Å². The number of piperidine rings is 1. The van der Waals surface area contributed by atoms with Gasteiger partial charge >= 0.3 is 5.97 Å². The predicted molar refractivity (Wildman–Crippen MR) is 173 cm³/mol. The Morgan fingerprint density at radius 1 is 1.00 bits per heavy atom. The summed E-state index contributed by atoms with van der Waals surface area (Å²) in [5.41, 5.74) is 11.9. The van der Waals surface area contributed by atoms with Crippen LogP contribution in [0.25, 0.3) is 44.6 Å². The molecule has 3 aliphatic rings. The van der Waals surface area contributed by atoms with Crippen molar-refractivity contribution in [1.29, 1.82) is 0 Å². The third-order valence-corrected chi connectivity index (χ3v) is 10.3. The van der Waals surface area contributed by atoms with Crippen LogP contribution >= 0.6 is 0 Å². The van der Waals surface area contributed by atoms with Crippen molar-refractivity contribution in [3.05, 3.63) is 71.5 Å². The second kappa shape index (κ2) is 10.7. The molecular formula is C36H36FN5O4.